The third-order valence-corrected chi connectivity index (χ3v) is 2.67. The Balaban J connectivity index is 2.08. The van der Waals surface area contributed by atoms with Gasteiger partial charge in [0.25, 0.3) is 0 Å². The van der Waals surface area contributed by atoms with E-state index < -0.39 is 5.91 Å². The van der Waals surface area contributed by atoms with Crippen molar-refractivity contribution in [3.8, 4) is 0 Å². The van der Waals surface area contributed by atoms with Crippen molar-refractivity contribution in [3.05, 3.63) is 54.0 Å². The molecule has 0 aliphatic rings. The van der Waals surface area contributed by atoms with E-state index >= 15 is 0 Å². The van der Waals surface area contributed by atoms with Gasteiger partial charge in [0.1, 0.15) is 0 Å². The Kier molecular flexibility index (Phi) is 4.50. The summed E-state index contributed by atoms with van der Waals surface area (Å²) in [5, 5.41) is 6.71. The highest BCUT2D eigenvalue weighted by Crippen LogP contribution is 2.11. The summed E-state index contributed by atoms with van der Waals surface area (Å²) in [4.78, 5) is 22.7. The number of rotatable bonds is 4. The van der Waals surface area contributed by atoms with E-state index in [9.17, 15) is 9.59 Å². The maximum Gasteiger partial charge on any atom is 0.307 e. The van der Waals surface area contributed by atoms with E-state index in [-0.39, 0.29) is 11.7 Å². The van der Waals surface area contributed by atoms with Crippen molar-refractivity contribution >= 4 is 23.2 Å². The van der Waals surface area contributed by atoms with E-state index in [1.807, 2.05) is 6.07 Å². The van der Waals surface area contributed by atoms with E-state index in [2.05, 4.69) is 15.8 Å². The number of nitrogens with zero attached hydrogens (tertiary/aromatic N) is 1. The van der Waals surface area contributed by atoms with Crippen LogP contribution in [0.25, 0.3) is 0 Å². The predicted molar refractivity (Wildman–Crippen MR) is 79.1 cm³/mol. The summed E-state index contributed by atoms with van der Waals surface area (Å²) in [6.45, 7) is 3.20. The van der Waals surface area contributed by atoms with E-state index in [1.54, 1.807) is 37.3 Å². The Morgan fingerprint density at radius 1 is 1.14 bits per heavy atom. The van der Waals surface area contributed by atoms with Gasteiger partial charge in [-0.05, 0) is 36.8 Å². The zero-order valence-corrected chi connectivity index (χ0v) is 11.7. The quantitative estimate of drug-likeness (QED) is 0.668. The van der Waals surface area contributed by atoms with Crippen LogP contribution in [0, 0.1) is 0 Å². The lowest BCUT2D eigenvalue weighted by Crippen LogP contribution is -2.18. The van der Waals surface area contributed by atoms with Crippen molar-refractivity contribution in [2.45, 2.75) is 13.8 Å². The fraction of sp³-hybridized carbons (Fsp3) is 0.133. The minimum Gasteiger partial charge on any atom is -0.459 e. The second kappa shape index (κ2) is 6.51. The van der Waals surface area contributed by atoms with Crippen molar-refractivity contribution in [2.24, 2.45) is 5.10 Å². The van der Waals surface area contributed by atoms with Crippen molar-refractivity contribution in [3.63, 3.8) is 0 Å². The molecule has 1 heterocycles. The lowest BCUT2D eigenvalue weighted by molar-refractivity contribution is -0.114. The molecule has 6 nitrogen and oxygen atoms in total. The van der Waals surface area contributed by atoms with Crippen LogP contribution in [0.4, 0.5) is 5.69 Å². The van der Waals surface area contributed by atoms with Crippen molar-refractivity contribution in [2.75, 3.05) is 5.32 Å². The molecular weight excluding hydrogens is 270 g/mol. The monoisotopic (exact) mass is 285 g/mol. The van der Waals surface area contributed by atoms with Gasteiger partial charge in [0.05, 0.1) is 12.0 Å². The van der Waals surface area contributed by atoms with Gasteiger partial charge >= 0.3 is 5.91 Å². The number of amides is 2. The molecule has 0 radical (unpaired) electrons. The number of anilines is 1. The van der Waals surface area contributed by atoms with E-state index in [4.69, 9.17) is 4.42 Å². The number of carbonyl (C=O) groups excluding carboxylic acids is 2. The van der Waals surface area contributed by atoms with Crippen LogP contribution in [-0.2, 0) is 4.79 Å². The van der Waals surface area contributed by atoms with Gasteiger partial charge in [-0.15, -0.1) is 0 Å². The van der Waals surface area contributed by atoms with Crippen molar-refractivity contribution in [1.29, 1.82) is 0 Å². The van der Waals surface area contributed by atoms with Crippen LogP contribution in [0.2, 0.25) is 0 Å². The Morgan fingerprint density at radius 3 is 2.62 bits per heavy atom. The van der Waals surface area contributed by atoms with Gasteiger partial charge in [-0.1, -0.05) is 12.1 Å². The highest BCUT2D eigenvalue weighted by molar-refractivity contribution is 6.01. The Morgan fingerprint density at radius 2 is 1.95 bits per heavy atom. The highest BCUT2D eigenvalue weighted by Gasteiger charge is 2.07. The lowest BCUT2D eigenvalue weighted by Gasteiger charge is -2.05. The van der Waals surface area contributed by atoms with Crippen LogP contribution < -0.4 is 10.7 Å². The predicted octanol–water partition coefficient (Wildman–Crippen LogP) is 2.39. The van der Waals surface area contributed by atoms with Crippen molar-refractivity contribution < 1.29 is 14.0 Å². The molecule has 1 aromatic heterocycles. The summed E-state index contributed by atoms with van der Waals surface area (Å²) in [5.41, 5.74) is 4.49. The highest BCUT2D eigenvalue weighted by atomic mass is 16.3. The molecule has 0 spiro atoms. The van der Waals surface area contributed by atoms with E-state index in [1.165, 1.54) is 13.2 Å². The smallest absolute Gasteiger partial charge is 0.307 e. The molecule has 0 aliphatic heterocycles. The number of furan rings is 1. The molecule has 0 aliphatic carbocycles. The summed E-state index contributed by atoms with van der Waals surface area (Å²) in [5.74, 6) is -0.372. The van der Waals surface area contributed by atoms with Crippen LogP contribution in [-0.4, -0.2) is 17.5 Å². The van der Waals surface area contributed by atoms with Gasteiger partial charge in [0.15, 0.2) is 5.76 Å². The number of hydrogen-bond acceptors (Lipinski definition) is 4. The minimum atomic E-state index is -0.419. The van der Waals surface area contributed by atoms with E-state index in [0.717, 1.165) is 5.56 Å². The topological polar surface area (TPSA) is 83.7 Å². The molecule has 0 saturated carbocycles. The molecule has 0 saturated heterocycles. The zero-order valence-electron chi connectivity index (χ0n) is 11.7. The number of hydrazone groups is 1. The lowest BCUT2D eigenvalue weighted by atomic mass is 10.1. The van der Waals surface area contributed by atoms with E-state index in [0.29, 0.717) is 11.4 Å². The van der Waals surface area contributed by atoms with Crippen molar-refractivity contribution in [1.82, 2.24) is 5.43 Å². The first kappa shape index (κ1) is 14.5. The second-order valence-corrected chi connectivity index (χ2v) is 4.38. The third-order valence-electron chi connectivity index (χ3n) is 2.67. The molecular formula is C15H15N3O3. The standard InChI is InChI=1S/C15H15N3O3/c1-10(17-18-15(20)14-7-4-8-21-14)12-5-3-6-13(9-12)16-11(2)19/h3-9H,1-2H3,(H,16,19)(H,18,20)/b17-10-. The van der Waals surface area contributed by atoms with Gasteiger partial charge in [-0.3, -0.25) is 9.59 Å². The Labute approximate surface area is 121 Å². The molecule has 2 amide bonds. The molecule has 2 rings (SSSR count). The molecule has 2 N–H and O–H groups in total. The molecule has 21 heavy (non-hydrogen) atoms. The van der Waals surface area contributed by atoms with Crippen LogP contribution in [0.1, 0.15) is 30.0 Å². The maximum atomic E-state index is 11.7. The molecule has 1 aromatic carbocycles. The molecule has 0 atom stereocenters. The fourth-order valence-corrected chi connectivity index (χ4v) is 1.69. The first-order chi connectivity index (χ1) is 10.1. The molecule has 0 fully saturated rings. The third kappa shape index (κ3) is 4.04. The Bertz CT molecular complexity index is 675. The largest absolute Gasteiger partial charge is 0.459 e. The van der Waals surface area contributed by atoms with Gasteiger partial charge in [0.2, 0.25) is 5.91 Å². The summed E-state index contributed by atoms with van der Waals surface area (Å²) in [6.07, 6.45) is 1.42. The summed E-state index contributed by atoms with van der Waals surface area (Å²) in [7, 11) is 0. The van der Waals surface area contributed by atoms with Crippen LogP contribution in [0.15, 0.2) is 52.2 Å². The van der Waals surface area contributed by atoms with Gasteiger partial charge in [-0.25, -0.2) is 5.43 Å². The molecule has 0 unspecified atom stereocenters. The second-order valence-electron chi connectivity index (χ2n) is 4.38. The van der Waals surface area contributed by atoms with Crippen LogP contribution in [0.3, 0.4) is 0 Å². The molecule has 2 aromatic rings. The first-order valence-corrected chi connectivity index (χ1v) is 6.32. The van der Waals surface area contributed by atoms with Crippen LogP contribution >= 0.6 is 0 Å². The maximum absolute atomic E-state index is 11.7. The first-order valence-electron chi connectivity index (χ1n) is 6.32. The Hall–Kier alpha value is -2.89. The normalized spacial score (nSPS) is 11.0. The molecule has 6 heteroatoms. The summed E-state index contributed by atoms with van der Waals surface area (Å²) < 4.78 is 4.97. The minimum absolute atomic E-state index is 0.145. The molecule has 108 valence electrons. The van der Waals surface area contributed by atoms with Crippen LogP contribution in [0.5, 0.6) is 0 Å². The SMILES string of the molecule is CC(=O)Nc1cccc(/C(C)=N\NC(=O)c2ccco2)c1. The zero-order chi connectivity index (χ0) is 15.2. The average Bonchev–Trinajstić information content (AvgIpc) is 2.98. The number of nitrogens with one attached hydrogen (secondary N) is 2. The number of hydrogen-bond donors (Lipinski definition) is 2. The van der Waals surface area contributed by atoms with Gasteiger partial charge in [0, 0.05) is 12.6 Å². The van der Waals surface area contributed by atoms with Gasteiger partial charge in [-0.2, -0.15) is 5.10 Å². The number of benzene rings is 1. The molecule has 0 bridgehead atoms. The van der Waals surface area contributed by atoms with Gasteiger partial charge < -0.3 is 9.73 Å². The summed E-state index contributed by atoms with van der Waals surface area (Å²) in [6, 6.07) is 10.4. The average molecular weight is 285 g/mol. The number of carbonyl (C=O) groups is 2. The summed E-state index contributed by atoms with van der Waals surface area (Å²) >= 11 is 0. The fourth-order valence-electron chi connectivity index (χ4n) is 1.69.